The second kappa shape index (κ2) is 9.50. The van der Waals surface area contributed by atoms with Gasteiger partial charge in [0.15, 0.2) is 0 Å². The molecule has 0 radical (unpaired) electrons. The summed E-state index contributed by atoms with van der Waals surface area (Å²) in [6, 6.07) is 7.25. The molecule has 1 amide bonds. The van der Waals surface area contributed by atoms with Crippen molar-refractivity contribution >= 4 is 11.6 Å². The number of rotatable bonds is 5. The summed E-state index contributed by atoms with van der Waals surface area (Å²) in [5.41, 5.74) is -2.41. The third-order valence-electron chi connectivity index (χ3n) is 5.58. The van der Waals surface area contributed by atoms with Crippen LogP contribution < -0.4 is 10.6 Å². The lowest BCUT2D eigenvalue weighted by Crippen LogP contribution is -2.40. The molecule has 4 rings (SSSR count). The molecule has 1 aliphatic carbocycles. The number of carbonyl (C=O) groups excluding carboxylic acids is 1. The number of amides is 1. The molecule has 1 saturated carbocycles. The third-order valence-corrected chi connectivity index (χ3v) is 5.58. The first kappa shape index (κ1) is 24.4. The second-order valence-corrected chi connectivity index (χ2v) is 8.09. The third kappa shape index (κ3) is 6.05. The molecule has 0 atom stereocenters. The Morgan fingerprint density at radius 1 is 0.886 bits per heavy atom. The van der Waals surface area contributed by atoms with Gasteiger partial charge in [-0.2, -0.15) is 26.3 Å². The Balaban J connectivity index is 1.34. The molecule has 1 aliphatic rings. The molecule has 2 heterocycles. The number of benzene rings is 1. The molecule has 8 nitrogen and oxygen atoms in total. The molecule has 0 spiro atoms. The highest BCUT2D eigenvalue weighted by atomic mass is 19.4. The number of aromatic nitrogens is 5. The predicted molar refractivity (Wildman–Crippen MR) is 111 cm³/mol. The van der Waals surface area contributed by atoms with Crippen LogP contribution in [0.15, 0.2) is 42.7 Å². The number of hydrogen-bond donors (Lipinski definition) is 2. The molecule has 0 saturated heterocycles. The van der Waals surface area contributed by atoms with Crippen molar-refractivity contribution < 1.29 is 31.1 Å². The number of alkyl halides is 6. The minimum Gasteiger partial charge on any atom is -0.382 e. The summed E-state index contributed by atoms with van der Waals surface area (Å²) in [5, 5.41) is 16.5. The highest BCUT2D eigenvalue weighted by Crippen LogP contribution is 2.35. The first-order valence-electron chi connectivity index (χ1n) is 10.6. The van der Waals surface area contributed by atoms with E-state index in [9.17, 15) is 31.1 Å². The van der Waals surface area contributed by atoms with E-state index in [0.29, 0.717) is 49.1 Å². The molecule has 0 unspecified atom stereocenters. The fourth-order valence-corrected chi connectivity index (χ4v) is 3.84. The summed E-state index contributed by atoms with van der Waals surface area (Å²) < 4.78 is 79.5. The maximum Gasteiger partial charge on any atom is 0.433 e. The van der Waals surface area contributed by atoms with Gasteiger partial charge in [-0.05, 0) is 72.5 Å². The Bertz CT molecular complexity index is 1120. The average Bonchev–Trinajstić information content (AvgIpc) is 3.34. The Labute approximate surface area is 194 Å². The van der Waals surface area contributed by atoms with Crippen molar-refractivity contribution in [3.63, 3.8) is 0 Å². The standard InChI is InChI=1S/C21H19F6N7O/c22-20(23,24)17-9-15(10-18(31-17)21(25,26)27)29-13-3-5-14(6-4-13)30-19(35)12-1-7-16(8-2-12)34-11-28-32-33-34/h1-2,7-11,13-14H,3-6H2,(H,29,31)(H,30,35). The molecule has 14 heteroatoms. The van der Waals surface area contributed by atoms with Crippen LogP contribution in [0.25, 0.3) is 5.69 Å². The SMILES string of the molecule is O=C(NC1CCC(Nc2cc(C(F)(F)F)nc(C(F)(F)F)c2)CC1)c1ccc(-n2cnnn2)cc1. The van der Waals surface area contributed by atoms with Crippen LogP contribution in [0.2, 0.25) is 0 Å². The maximum absolute atomic E-state index is 13.0. The maximum atomic E-state index is 13.0. The largest absolute Gasteiger partial charge is 0.433 e. The van der Waals surface area contributed by atoms with Crippen LogP contribution >= 0.6 is 0 Å². The zero-order valence-corrected chi connectivity index (χ0v) is 17.9. The number of anilines is 1. The van der Waals surface area contributed by atoms with Crippen LogP contribution in [0, 0.1) is 0 Å². The van der Waals surface area contributed by atoms with Crippen LogP contribution in [0.4, 0.5) is 32.0 Å². The van der Waals surface area contributed by atoms with Gasteiger partial charge in [0.25, 0.3) is 5.91 Å². The highest BCUT2D eigenvalue weighted by molar-refractivity contribution is 5.94. The van der Waals surface area contributed by atoms with E-state index in [1.807, 2.05) is 0 Å². The van der Waals surface area contributed by atoms with E-state index < -0.39 is 23.7 Å². The fraction of sp³-hybridized carbons (Fsp3) is 0.381. The molecule has 2 N–H and O–H groups in total. The number of nitrogens with one attached hydrogen (secondary N) is 2. The first-order chi connectivity index (χ1) is 16.5. The lowest BCUT2D eigenvalue weighted by molar-refractivity contribution is -0.150. The molecular weight excluding hydrogens is 480 g/mol. The van der Waals surface area contributed by atoms with Crippen molar-refractivity contribution in [1.29, 1.82) is 0 Å². The minimum atomic E-state index is -5.01. The van der Waals surface area contributed by atoms with Crippen LogP contribution in [-0.4, -0.2) is 43.2 Å². The lowest BCUT2D eigenvalue weighted by Gasteiger charge is -2.30. The number of tetrazole rings is 1. The van der Waals surface area contributed by atoms with Gasteiger partial charge in [0, 0.05) is 23.3 Å². The van der Waals surface area contributed by atoms with Crippen molar-refractivity contribution in [3.8, 4) is 5.69 Å². The van der Waals surface area contributed by atoms with Gasteiger partial charge in [-0.15, -0.1) is 5.10 Å². The fourth-order valence-electron chi connectivity index (χ4n) is 3.84. The van der Waals surface area contributed by atoms with Gasteiger partial charge in [-0.3, -0.25) is 4.79 Å². The zero-order chi connectivity index (χ0) is 25.2. The van der Waals surface area contributed by atoms with Gasteiger partial charge in [-0.25, -0.2) is 9.67 Å². The van der Waals surface area contributed by atoms with E-state index in [1.54, 1.807) is 24.3 Å². The molecule has 1 aromatic carbocycles. The smallest absolute Gasteiger partial charge is 0.382 e. The minimum absolute atomic E-state index is 0.173. The normalized spacial score (nSPS) is 18.8. The Hall–Kier alpha value is -3.71. The summed E-state index contributed by atoms with van der Waals surface area (Å²) in [6.45, 7) is 0. The molecule has 1 fully saturated rings. The van der Waals surface area contributed by atoms with Gasteiger partial charge >= 0.3 is 12.4 Å². The average molecular weight is 499 g/mol. The zero-order valence-electron chi connectivity index (χ0n) is 17.9. The number of carbonyl (C=O) groups is 1. The first-order valence-corrected chi connectivity index (χ1v) is 10.6. The molecule has 3 aromatic rings. The van der Waals surface area contributed by atoms with Crippen molar-refractivity contribution in [2.75, 3.05) is 5.32 Å². The van der Waals surface area contributed by atoms with Gasteiger partial charge in [0.2, 0.25) is 0 Å². The number of pyridine rings is 1. The molecule has 35 heavy (non-hydrogen) atoms. The van der Waals surface area contributed by atoms with Crippen molar-refractivity contribution in [2.24, 2.45) is 0 Å². The van der Waals surface area contributed by atoms with E-state index >= 15 is 0 Å². The summed E-state index contributed by atoms with van der Waals surface area (Å²) in [4.78, 5) is 15.3. The molecule has 186 valence electrons. The van der Waals surface area contributed by atoms with E-state index in [4.69, 9.17) is 0 Å². The molecule has 0 aliphatic heterocycles. The van der Waals surface area contributed by atoms with Crippen LogP contribution in [-0.2, 0) is 12.4 Å². The van der Waals surface area contributed by atoms with E-state index in [1.165, 1.54) is 11.0 Å². The van der Waals surface area contributed by atoms with Crippen molar-refractivity contribution in [2.45, 2.75) is 50.1 Å². The monoisotopic (exact) mass is 499 g/mol. The van der Waals surface area contributed by atoms with Gasteiger partial charge in [-0.1, -0.05) is 0 Å². The van der Waals surface area contributed by atoms with Gasteiger partial charge in [0.05, 0.1) is 5.69 Å². The Morgan fingerprint density at radius 2 is 1.46 bits per heavy atom. The quantitative estimate of drug-likeness (QED) is 0.510. The summed E-state index contributed by atoms with van der Waals surface area (Å²) in [5.74, 6) is -0.288. The van der Waals surface area contributed by atoms with Crippen LogP contribution in [0.3, 0.4) is 0 Å². The van der Waals surface area contributed by atoms with E-state index in [2.05, 4.69) is 31.1 Å². The molecule has 0 bridgehead atoms. The van der Waals surface area contributed by atoms with Crippen LogP contribution in [0.5, 0.6) is 0 Å². The number of nitrogens with zero attached hydrogens (tertiary/aromatic N) is 5. The van der Waals surface area contributed by atoms with E-state index in [0.717, 1.165) is 0 Å². The van der Waals surface area contributed by atoms with Crippen molar-refractivity contribution in [1.82, 2.24) is 30.5 Å². The Morgan fingerprint density at radius 3 is 1.97 bits per heavy atom. The Kier molecular flexibility index (Phi) is 6.63. The summed E-state index contributed by atoms with van der Waals surface area (Å²) in [7, 11) is 0. The predicted octanol–water partition coefficient (Wildman–Crippen LogP) is 4.25. The highest BCUT2D eigenvalue weighted by Gasteiger charge is 2.39. The number of halogens is 6. The van der Waals surface area contributed by atoms with Crippen molar-refractivity contribution in [3.05, 3.63) is 59.7 Å². The van der Waals surface area contributed by atoms with Crippen LogP contribution in [0.1, 0.15) is 47.4 Å². The second-order valence-electron chi connectivity index (χ2n) is 8.09. The lowest BCUT2D eigenvalue weighted by atomic mass is 9.90. The van der Waals surface area contributed by atoms with E-state index in [-0.39, 0.29) is 23.7 Å². The van der Waals surface area contributed by atoms with Gasteiger partial charge < -0.3 is 10.6 Å². The summed E-state index contributed by atoms with van der Waals surface area (Å²) >= 11 is 0. The molecular formula is C21H19F6N7O. The van der Waals surface area contributed by atoms with Gasteiger partial charge in [0.1, 0.15) is 17.7 Å². The summed E-state index contributed by atoms with van der Waals surface area (Å²) in [6.07, 6.45) is -6.68. The topological polar surface area (TPSA) is 97.6 Å². The molecule has 2 aromatic heterocycles. The number of hydrogen-bond acceptors (Lipinski definition) is 6.